The molecule has 1 aromatic heterocycles. The Balaban J connectivity index is 1.66. The fourth-order valence-electron chi connectivity index (χ4n) is 3.57. The second kappa shape index (κ2) is 9.23. The van der Waals surface area contributed by atoms with E-state index in [0.29, 0.717) is 54.8 Å². The second-order valence-corrected chi connectivity index (χ2v) is 9.63. The number of aromatic nitrogens is 2. The first kappa shape index (κ1) is 21.7. The van der Waals surface area contributed by atoms with E-state index in [1.807, 2.05) is 0 Å². The Morgan fingerprint density at radius 3 is 2.69 bits per heavy atom. The van der Waals surface area contributed by atoms with E-state index in [1.54, 1.807) is 36.1 Å². The zero-order valence-corrected chi connectivity index (χ0v) is 18.1. The number of nitrogens with zero attached hydrogens (tertiary/aromatic N) is 4. The van der Waals surface area contributed by atoms with Gasteiger partial charge < -0.3 is 9.42 Å². The molecule has 1 atom stereocenters. The van der Waals surface area contributed by atoms with Crippen molar-refractivity contribution in [3.05, 3.63) is 46.6 Å². The molecule has 29 heavy (non-hydrogen) atoms. The number of amides is 1. The Hall–Kier alpha value is -1.97. The molecule has 0 bridgehead atoms. The molecule has 8 nitrogen and oxygen atoms in total. The largest absolute Gasteiger partial charge is 0.340 e. The number of piperidine rings is 1. The van der Waals surface area contributed by atoms with Gasteiger partial charge >= 0.3 is 0 Å². The van der Waals surface area contributed by atoms with E-state index in [2.05, 4.69) is 10.1 Å². The average Bonchev–Trinajstić information content (AvgIpc) is 3.09. The maximum atomic E-state index is 12.9. The van der Waals surface area contributed by atoms with E-state index in [9.17, 15) is 13.2 Å². The molecule has 1 amide bonds. The fourth-order valence-corrected chi connectivity index (χ4v) is 5.30. The molecule has 10 heteroatoms. The fraction of sp³-hybridized carbons (Fsp3) is 0.526. The second-order valence-electron chi connectivity index (χ2n) is 7.23. The highest BCUT2D eigenvalue weighted by atomic mass is 35.5. The minimum atomic E-state index is -3.49. The number of hydrogen-bond acceptors (Lipinski definition) is 6. The van der Waals surface area contributed by atoms with Gasteiger partial charge in [-0.25, -0.2) is 8.42 Å². The molecule has 1 aliphatic rings. The lowest BCUT2D eigenvalue weighted by Gasteiger charge is -2.38. The predicted molar refractivity (Wildman–Crippen MR) is 109 cm³/mol. The van der Waals surface area contributed by atoms with Gasteiger partial charge in [-0.15, -0.1) is 0 Å². The minimum absolute atomic E-state index is 0.0842. The van der Waals surface area contributed by atoms with Crippen LogP contribution in [0.15, 0.2) is 28.8 Å². The number of aryl methyl sites for hydroxylation is 1. The molecule has 0 saturated carbocycles. The minimum Gasteiger partial charge on any atom is -0.340 e. The van der Waals surface area contributed by atoms with Crippen molar-refractivity contribution < 1.29 is 17.7 Å². The zero-order chi connectivity index (χ0) is 21.0. The molecule has 1 aromatic carbocycles. The first-order valence-corrected chi connectivity index (χ1v) is 11.5. The molecular formula is C19H25ClN4O4S. The monoisotopic (exact) mass is 440 g/mol. The highest BCUT2D eigenvalue weighted by molar-refractivity contribution is 7.88. The summed E-state index contributed by atoms with van der Waals surface area (Å²) in [5.41, 5.74) is 0.687. The van der Waals surface area contributed by atoms with Crippen LogP contribution < -0.4 is 0 Å². The van der Waals surface area contributed by atoms with Gasteiger partial charge in [-0.2, -0.15) is 9.29 Å². The van der Waals surface area contributed by atoms with Gasteiger partial charge in [0, 0.05) is 51.0 Å². The lowest BCUT2D eigenvalue weighted by atomic mass is 10.1. The van der Waals surface area contributed by atoms with Gasteiger partial charge in [0.1, 0.15) is 0 Å². The third-order valence-corrected chi connectivity index (χ3v) is 7.07. The third-order valence-electron chi connectivity index (χ3n) is 5.01. The van der Waals surface area contributed by atoms with Gasteiger partial charge in [0.25, 0.3) is 0 Å². The quantitative estimate of drug-likeness (QED) is 0.655. The van der Waals surface area contributed by atoms with Crippen molar-refractivity contribution in [2.75, 3.05) is 19.6 Å². The Bertz CT molecular complexity index is 945. The van der Waals surface area contributed by atoms with E-state index in [-0.39, 0.29) is 17.7 Å². The van der Waals surface area contributed by atoms with Crippen molar-refractivity contribution in [2.24, 2.45) is 0 Å². The molecule has 0 N–H and O–H groups in total. The van der Waals surface area contributed by atoms with Crippen molar-refractivity contribution in [1.82, 2.24) is 19.3 Å². The molecule has 1 unspecified atom stereocenters. The SMILES string of the molecule is CC(=O)N(CCc1noc(C)n1)C1CCCN(S(=O)(=O)Cc2ccc(Cl)cc2)C1. The van der Waals surface area contributed by atoms with Gasteiger partial charge in [0.15, 0.2) is 5.82 Å². The Morgan fingerprint density at radius 1 is 1.34 bits per heavy atom. The highest BCUT2D eigenvalue weighted by Gasteiger charge is 2.33. The number of benzene rings is 1. The summed E-state index contributed by atoms with van der Waals surface area (Å²) < 4.78 is 32.3. The Kier molecular flexibility index (Phi) is 6.92. The van der Waals surface area contributed by atoms with E-state index < -0.39 is 10.0 Å². The number of carbonyl (C=O) groups is 1. The molecular weight excluding hydrogens is 416 g/mol. The van der Waals surface area contributed by atoms with Crippen LogP contribution in [-0.2, 0) is 27.0 Å². The summed E-state index contributed by atoms with van der Waals surface area (Å²) in [4.78, 5) is 18.1. The van der Waals surface area contributed by atoms with Gasteiger partial charge in [-0.3, -0.25) is 4.79 Å². The van der Waals surface area contributed by atoms with Gasteiger partial charge in [-0.05, 0) is 30.5 Å². The normalized spacial score (nSPS) is 18.0. The maximum absolute atomic E-state index is 12.9. The number of rotatable bonds is 7. The lowest BCUT2D eigenvalue weighted by Crippen LogP contribution is -2.51. The van der Waals surface area contributed by atoms with Crippen molar-refractivity contribution in [3.63, 3.8) is 0 Å². The molecule has 2 heterocycles. The summed E-state index contributed by atoms with van der Waals surface area (Å²) in [6.45, 7) is 4.39. The van der Waals surface area contributed by atoms with Crippen LogP contribution in [-0.4, -0.2) is 59.3 Å². The average molecular weight is 441 g/mol. The molecule has 0 radical (unpaired) electrons. The Labute approximate surface area is 175 Å². The molecule has 3 rings (SSSR count). The number of halogens is 1. The van der Waals surface area contributed by atoms with E-state index in [4.69, 9.17) is 16.1 Å². The summed E-state index contributed by atoms with van der Waals surface area (Å²) in [7, 11) is -3.49. The summed E-state index contributed by atoms with van der Waals surface area (Å²) in [5.74, 6) is 0.842. The molecule has 1 aliphatic heterocycles. The van der Waals surface area contributed by atoms with Gasteiger partial charge in [0.05, 0.1) is 5.75 Å². The molecule has 1 saturated heterocycles. The summed E-state index contributed by atoms with van der Waals surface area (Å²) >= 11 is 5.88. The van der Waals surface area contributed by atoms with Crippen molar-refractivity contribution >= 4 is 27.5 Å². The van der Waals surface area contributed by atoms with Crippen molar-refractivity contribution in [2.45, 2.75) is 44.9 Å². The van der Waals surface area contributed by atoms with Crippen molar-refractivity contribution in [1.29, 1.82) is 0 Å². The van der Waals surface area contributed by atoms with Crippen LogP contribution in [0, 0.1) is 6.92 Å². The summed E-state index contributed by atoms with van der Waals surface area (Å²) in [6.07, 6.45) is 1.93. The Morgan fingerprint density at radius 2 is 2.07 bits per heavy atom. The molecule has 158 valence electrons. The number of hydrogen-bond donors (Lipinski definition) is 0. The van der Waals surface area contributed by atoms with Gasteiger partial charge in [0.2, 0.25) is 21.8 Å². The van der Waals surface area contributed by atoms with Crippen LogP contribution >= 0.6 is 11.6 Å². The first-order chi connectivity index (χ1) is 13.7. The van der Waals surface area contributed by atoms with Crippen LogP contribution in [0.25, 0.3) is 0 Å². The molecule has 0 spiro atoms. The van der Waals surface area contributed by atoms with Crippen LogP contribution in [0.2, 0.25) is 5.02 Å². The smallest absolute Gasteiger partial charge is 0.223 e. The van der Waals surface area contributed by atoms with Crippen LogP contribution in [0.1, 0.15) is 37.0 Å². The van der Waals surface area contributed by atoms with Crippen LogP contribution in [0.5, 0.6) is 0 Å². The summed E-state index contributed by atoms with van der Waals surface area (Å²) in [6, 6.07) is 6.63. The first-order valence-electron chi connectivity index (χ1n) is 9.53. The highest BCUT2D eigenvalue weighted by Crippen LogP contribution is 2.22. The topological polar surface area (TPSA) is 96.6 Å². The lowest BCUT2D eigenvalue weighted by molar-refractivity contribution is -0.131. The predicted octanol–water partition coefficient (Wildman–Crippen LogP) is 2.42. The van der Waals surface area contributed by atoms with E-state index >= 15 is 0 Å². The molecule has 2 aromatic rings. The van der Waals surface area contributed by atoms with Crippen molar-refractivity contribution in [3.8, 4) is 0 Å². The third kappa shape index (κ3) is 5.77. The zero-order valence-electron chi connectivity index (χ0n) is 16.5. The number of sulfonamides is 1. The maximum Gasteiger partial charge on any atom is 0.223 e. The van der Waals surface area contributed by atoms with Crippen LogP contribution in [0.4, 0.5) is 0 Å². The molecule has 1 fully saturated rings. The van der Waals surface area contributed by atoms with Gasteiger partial charge in [-0.1, -0.05) is 28.9 Å². The number of carbonyl (C=O) groups excluding carboxylic acids is 1. The van der Waals surface area contributed by atoms with E-state index in [1.165, 1.54) is 11.2 Å². The summed E-state index contributed by atoms with van der Waals surface area (Å²) in [5, 5.41) is 4.43. The standard InChI is InChI=1S/C19H25ClN4O4S/c1-14-21-19(22-28-14)9-11-24(15(2)25)18-4-3-10-23(12-18)29(26,27)13-16-5-7-17(20)8-6-16/h5-8,18H,3-4,9-13H2,1-2H3. The molecule has 0 aliphatic carbocycles. The van der Waals surface area contributed by atoms with E-state index in [0.717, 1.165) is 6.42 Å². The van der Waals surface area contributed by atoms with Crippen LogP contribution in [0.3, 0.4) is 0 Å².